The molecule has 0 saturated carbocycles. The van der Waals surface area contributed by atoms with Crippen molar-refractivity contribution in [3.63, 3.8) is 0 Å². The lowest BCUT2D eigenvalue weighted by Crippen LogP contribution is -2.17. The summed E-state index contributed by atoms with van der Waals surface area (Å²) in [5, 5.41) is 0.392. The van der Waals surface area contributed by atoms with Crippen LogP contribution in [-0.2, 0) is 6.42 Å². The number of methoxy groups -OCH3 is 2. The van der Waals surface area contributed by atoms with E-state index in [2.05, 4.69) is 9.97 Å². The fourth-order valence-corrected chi connectivity index (χ4v) is 2.78. The van der Waals surface area contributed by atoms with Crippen LogP contribution in [0.3, 0.4) is 0 Å². The minimum Gasteiger partial charge on any atom is -0.493 e. The smallest absolute Gasteiger partial charge is 0.254 e. The third kappa shape index (κ3) is 4.23. The maximum atomic E-state index is 12.0. The van der Waals surface area contributed by atoms with Gasteiger partial charge < -0.3 is 20.2 Å². The molecule has 0 atom stereocenters. The lowest BCUT2D eigenvalue weighted by Gasteiger charge is -2.11. The van der Waals surface area contributed by atoms with Gasteiger partial charge >= 0.3 is 0 Å². The highest BCUT2D eigenvalue weighted by atomic mass is 32.2. The van der Waals surface area contributed by atoms with Crippen molar-refractivity contribution in [1.82, 2.24) is 9.97 Å². The van der Waals surface area contributed by atoms with Gasteiger partial charge in [0.25, 0.3) is 5.56 Å². The van der Waals surface area contributed by atoms with Crippen molar-refractivity contribution in [2.45, 2.75) is 18.5 Å². The quantitative estimate of drug-likeness (QED) is 0.484. The second-order valence-corrected chi connectivity index (χ2v) is 6.46. The molecule has 6 nitrogen and oxygen atoms in total. The van der Waals surface area contributed by atoms with E-state index in [1.165, 1.54) is 0 Å². The average molecular weight is 351 g/mol. The number of thioether (sulfide) groups is 1. The second-order valence-electron chi connectivity index (χ2n) is 4.73. The van der Waals surface area contributed by atoms with Gasteiger partial charge in [-0.25, -0.2) is 4.98 Å². The van der Waals surface area contributed by atoms with Crippen molar-refractivity contribution in [3.8, 4) is 11.5 Å². The molecule has 0 unspecified atom stereocenters. The molecule has 3 N–H and O–H groups in total. The van der Waals surface area contributed by atoms with Gasteiger partial charge in [0.05, 0.1) is 19.9 Å². The first-order valence-corrected chi connectivity index (χ1v) is 7.95. The van der Waals surface area contributed by atoms with Crippen molar-refractivity contribution in [1.29, 1.82) is 0 Å². The Balaban J connectivity index is 2.37. The van der Waals surface area contributed by atoms with Gasteiger partial charge in [0.2, 0.25) is 0 Å². The predicted octanol–water partition coefficient (Wildman–Crippen LogP) is 2.02. The summed E-state index contributed by atoms with van der Waals surface area (Å²) >= 11 is 5.89. The predicted molar refractivity (Wildman–Crippen MR) is 94.6 cm³/mol. The molecule has 2 aromatic rings. The molecule has 0 amide bonds. The Kier molecular flexibility index (Phi) is 5.62. The van der Waals surface area contributed by atoms with E-state index in [9.17, 15) is 4.79 Å². The Labute approximate surface area is 143 Å². The van der Waals surface area contributed by atoms with Crippen molar-refractivity contribution in [3.05, 3.63) is 45.4 Å². The van der Waals surface area contributed by atoms with E-state index in [0.29, 0.717) is 34.3 Å². The lowest BCUT2D eigenvalue weighted by atomic mass is 10.1. The molecule has 23 heavy (non-hydrogen) atoms. The summed E-state index contributed by atoms with van der Waals surface area (Å²) in [7, 11) is 3.16. The van der Waals surface area contributed by atoms with Crippen molar-refractivity contribution in [2.75, 3.05) is 14.2 Å². The number of ether oxygens (including phenoxy) is 2. The van der Waals surface area contributed by atoms with Gasteiger partial charge in [0.1, 0.15) is 4.32 Å². The lowest BCUT2D eigenvalue weighted by molar-refractivity contribution is 0.354. The van der Waals surface area contributed by atoms with Crippen LogP contribution in [0, 0.1) is 6.92 Å². The summed E-state index contributed by atoms with van der Waals surface area (Å²) in [6.45, 7) is 1.73. The standard InChI is InChI=1S/C15H17N3O3S2/c1-8-10(17-15(18-13(8)19)23-14(16)22)6-9-4-5-11(20-2)12(7-9)21-3/h4-5,7H,6H2,1-3H3,(H2,16,22)(H,17,18,19). The first-order valence-electron chi connectivity index (χ1n) is 6.72. The molecule has 1 aromatic carbocycles. The van der Waals surface area contributed by atoms with Gasteiger partial charge in [-0.2, -0.15) is 0 Å². The normalized spacial score (nSPS) is 10.4. The maximum Gasteiger partial charge on any atom is 0.254 e. The molecule has 0 bridgehead atoms. The first kappa shape index (κ1) is 17.3. The molecule has 0 fully saturated rings. The number of nitrogens with zero attached hydrogens (tertiary/aromatic N) is 1. The zero-order valence-corrected chi connectivity index (χ0v) is 14.6. The number of nitrogens with two attached hydrogens (primary N) is 1. The van der Waals surface area contributed by atoms with E-state index in [1.54, 1.807) is 21.1 Å². The molecule has 8 heteroatoms. The fraction of sp³-hybridized carbons (Fsp3) is 0.267. The molecule has 0 radical (unpaired) electrons. The molecule has 0 aliphatic carbocycles. The van der Waals surface area contributed by atoms with Gasteiger partial charge in [-0.3, -0.25) is 4.79 Å². The molecule has 0 spiro atoms. The second kappa shape index (κ2) is 7.47. The van der Waals surface area contributed by atoms with Crippen LogP contribution in [0.15, 0.2) is 28.2 Å². The molecular weight excluding hydrogens is 334 g/mol. The number of aromatic nitrogens is 2. The van der Waals surface area contributed by atoms with Crippen molar-refractivity contribution in [2.24, 2.45) is 5.73 Å². The summed E-state index contributed by atoms with van der Waals surface area (Å²) in [4.78, 5) is 19.1. The molecule has 0 saturated heterocycles. The Hall–Kier alpha value is -2.06. The van der Waals surface area contributed by atoms with Crippen LogP contribution in [-0.4, -0.2) is 28.5 Å². The summed E-state index contributed by atoms with van der Waals surface area (Å²) in [6.07, 6.45) is 0.487. The van der Waals surface area contributed by atoms with Crippen LogP contribution in [0.4, 0.5) is 0 Å². The Morgan fingerprint density at radius 2 is 2.04 bits per heavy atom. The fourth-order valence-electron chi connectivity index (χ4n) is 2.06. The number of hydrogen-bond donors (Lipinski definition) is 2. The van der Waals surface area contributed by atoms with Crippen LogP contribution in [0.1, 0.15) is 16.8 Å². The third-order valence-electron chi connectivity index (χ3n) is 3.25. The largest absolute Gasteiger partial charge is 0.493 e. The van der Waals surface area contributed by atoms with Gasteiger partial charge in [-0.05, 0) is 36.4 Å². The van der Waals surface area contributed by atoms with E-state index < -0.39 is 0 Å². The van der Waals surface area contributed by atoms with E-state index in [0.717, 1.165) is 17.3 Å². The van der Waals surface area contributed by atoms with Gasteiger partial charge in [0, 0.05) is 12.0 Å². The van der Waals surface area contributed by atoms with Crippen molar-refractivity contribution < 1.29 is 9.47 Å². The van der Waals surface area contributed by atoms with Crippen LogP contribution in [0.2, 0.25) is 0 Å². The van der Waals surface area contributed by atoms with Crippen molar-refractivity contribution >= 4 is 28.3 Å². The number of thiocarbonyl (C=S) groups is 1. The minimum absolute atomic E-state index is 0.200. The number of aromatic amines is 1. The average Bonchev–Trinajstić information content (AvgIpc) is 2.51. The van der Waals surface area contributed by atoms with E-state index >= 15 is 0 Å². The van der Waals surface area contributed by atoms with Gasteiger partial charge in [0.15, 0.2) is 16.7 Å². The van der Waals surface area contributed by atoms with E-state index in [1.807, 2.05) is 18.2 Å². The molecule has 122 valence electrons. The van der Waals surface area contributed by atoms with Crippen LogP contribution in [0.5, 0.6) is 11.5 Å². The summed E-state index contributed by atoms with van der Waals surface area (Å²) in [5.41, 5.74) is 7.47. The maximum absolute atomic E-state index is 12.0. The number of H-pyrrole nitrogens is 1. The Morgan fingerprint density at radius 3 is 2.65 bits per heavy atom. The topological polar surface area (TPSA) is 90.2 Å². The molecule has 0 aliphatic rings. The number of nitrogens with one attached hydrogen (secondary N) is 1. The minimum atomic E-state index is -0.200. The molecule has 0 aliphatic heterocycles. The van der Waals surface area contributed by atoms with Gasteiger partial charge in [-0.1, -0.05) is 18.3 Å². The summed E-state index contributed by atoms with van der Waals surface area (Å²) in [6, 6.07) is 5.59. The summed E-state index contributed by atoms with van der Waals surface area (Å²) < 4.78 is 10.7. The monoisotopic (exact) mass is 351 g/mol. The molecule has 2 rings (SSSR count). The van der Waals surface area contributed by atoms with E-state index in [4.69, 9.17) is 27.4 Å². The zero-order chi connectivity index (χ0) is 17.0. The number of benzene rings is 1. The SMILES string of the molecule is COc1ccc(Cc2nc(SC(N)=S)[nH]c(=O)c2C)cc1OC. The highest BCUT2D eigenvalue weighted by molar-refractivity contribution is 8.22. The molecular formula is C15H17N3O3S2. The highest BCUT2D eigenvalue weighted by Gasteiger charge is 2.11. The Morgan fingerprint density at radius 1 is 1.35 bits per heavy atom. The number of hydrogen-bond acceptors (Lipinski definition) is 6. The van der Waals surface area contributed by atoms with Crippen LogP contribution in [0.25, 0.3) is 0 Å². The van der Waals surface area contributed by atoms with Crippen LogP contribution >= 0.6 is 24.0 Å². The van der Waals surface area contributed by atoms with E-state index in [-0.39, 0.29) is 9.88 Å². The molecule has 1 aromatic heterocycles. The molecule has 1 heterocycles. The third-order valence-corrected chi connectivity index (χ3v) is 4.09. The zero-order valence-electron chi connectivity index (χ0n) is 13.0. The highest BCUT2D eigenvalue weighted by Crippen LogP contribution is 2.28. The van der Waals surface area contributed by atoms with Gasteiger partial charge in [-0.15, -0.1) is 0 Å². The van der Waals surface area contributed by atoms with Crippen LogP contribution < -0.4 is 20.8 Å². The summed E-state index contributed by atoms with van der Waals surface area (Å²) in [5.74, 6) is 1.28. The first-order chi connectivity index (χ1) is 10.9. The Bertz CT molecular complexity index is 790. The number of rotatable bonds is 5.